The highest BCUT2D eigenvalue weighted by Gasteiger charge is 2.43. The second-order valence-electron chi connectivity index (χ2n) is 17.9. The fourth-order valence-electron chi connectivity index (χ4n) is 7.66. The molecule has 6 atom stereocenters. The lowest BCUT2D eigenvalue weighted by molar-refractivity contribution is -0.151. The van der Waals surface area contributed by atoms with Gasteiger partial charge < -0.3 is 49.6 Å². The molecule has 0 aromatic heterocycles. The van der Waals surface area contributed by atoms with Crippen LogP contribution in [0.1, 0.15) is 82.1 Å². The summed E-state index contributed by atoms with van der Waals surface area (Å²) in [6, 6.07) is 0. The van der Waals surface area contributed by atoms with Gasteiger partial charge in [0.15, 0.2) is 35.3 Å². The summed E-state index contributed by atoms with van der Waals surface area (Å²) in [5.74, 6) is -4.08. The number of Topliss-reactive ketones (excluding diaryl/α,β-unsaturated/α-hetero) is 2. The van der Waals surface area contributed by atoms with Gasteiger partial charge in [0.05, 0.1) is 13.2 Å². The van der Waals surface area contributed by atoms with Crippen LogP contribution in [0.3, 0.4) is 0 Å². The Morgan fingerprint density at radius 1 is 0.712 bits per heavy atom. The zero-order valence-electron chi connectivity index (χ0n) is 39.5. The van der Waals surface area contributed by atoms with Gasteiger partial charge in [0, 0.05) is 0 Å². The third kappa shape index (κ3) is 15.0. The van der Waals surface area contributed by atoms with Gasteiger partial charge in [-0.05, 0) is 87.5 Å². The molecule has 2 aliphatic carbocycles. The molecule has 0 fully saturated rings. The lowest BCUT2D eigenvalue weighted by Crippen LogP contribution is -2.41. The third-order valence-electron chi connectivity index (χ3n) is 11.5. The Kier molecular flexibility index (Phi) is 20.1. The standard InChI is InChI=1S/C52H66O14/c1-31(17-13-19-33(3)21-23-37-35(5)44(58)42(25-51(37,7)8)63-28-40(56)48(65-30-54)39(55)27-53)15-11-12-16-32(2)18-14-20-34(4)22-24-38-36(6)45(59)43(26-52(38,9)10)64-29-41(57)49-46(60)47(61)50(62)66-49/h11-24,27,30,40-43,48-49,53,55-57,60-61H,25-26,28-29H2,1-10H3/b12-11+,17-13+,18-14+,23-21+,24-22+,31-15+,32-16+,33-19+,34-20+,39-27-. The fraction of sp³-hybridized carbons (Fsp3) is 0.423. The molecule has 1 heterocycles. The number of hydrogen-bond donors (Lipinski definition) is 6. The predicted molar refractivity (Wildman–Crippen MR) is 251 cm³/mol. The molecule has 3 aliphatic rings. The van der Waals surface area contributed by atoms with Crippen molar-refractivity contribution in [1.29, 1.82) is 0 Å². The molecule has 3 rings (SSSR count). The van der Waals surface area contributed by atoms with Crippen LogP contribution in [-0.4, -0.2) is 104 Å². The lowest BCUT2D eigenvalue weighted by Gasteiger charge is -2.37. The van der Waals surface area contributed by atoms with Crippen LogP contribution >= 0.6 is 0 Å². The monoisotopic (exact) mass is 914 g/mol. The molecule has 6 N–H and O–H groups in total. The van der Waals surface area contributed by atoms with Crippen molar-refractivity contribution in [3.8, 4) is 0 Å². The van der Waals surface area contributed by atoms with Gasteiger partial charge in [0.25, 0.3) is 6.47 Å². The van der Waals surface area contributed by atoms with Crippen molar-refractivity contribution in [3.05, 3.63) is 153 Å². The van der Waals surface area contributed by atoms with Crippen LogP contribution in [-0.2, 0) is 38.1 Å². The van der Waals surface area contributed by atoms with E-state index < -0.39 is 83.9 Å². The van der Waals surface area contributed by atoms with E-state index in [4.69, 9.17) is 19.3 Å². The number of cyclic esters (lactones) is 1. The van der Waals surface area contributed by atoms with Crippen molar-refractivity contribution in [2.45, 2.75) is 119 Å². The van der Waals surface area contributed by atoms with E-state index in [2.05, 4.69) is 4.74 Å². The van der Waals surface area contributed by atoms with Crippen molar-refractivity contribution in [2.24, 2.45) is 10.8 Å². The second kappa shape index (κ2) is 24.5. The number of esters is 1. The first-order chi connectivity index (χ1) is 30.9. The number of rotatable bonds is 21. The number of aliphatic hydroxyl groups is 6. The van der Waals surface area contributed by atoms with Crippen molar-refractivity contribution in [3.63, 3.8) is 0 Å². The van der Waals surface area contributed by atoms with Crippen molar-refractivity contribution in [2.75, 3.05) is 13.2 Å². The van der Waals surface area contributed by atoms with Gasteiger partial charge in [-0.2, -0.15) is 0 Å². The van der Waals surface area contributed by atoms with Crippen molar-refractivity contribution < 1.29 is 68.8 Å². The highest BCUT2D eigenvalue weighted by Crippen LogP contribution is 2.42. The fourth-order valence-corrected chi connectivity index (χ4v) is 7.66. The van der Waals surface area contributed by atoms with Gasteiger partial charge in [-0.3, -0.25) is 14.4 Å². The summed E-state index contributed by atoms with van der Waals surface area (Å²) in [6.45, 7) is 18.6. The van der Waals surface area contributed by atoms with Gasteiger partial charge in [-0.25, -0.2) is 4.79 Å². The summed E-state index contributed by atoms with van der Waals surface area (Å²) >= 11 is 0. The molecule has 0 aromatic rings. The zero-order valence-corrected chi connectivity index (χ0v) is 39.5. The molecule has 0 aromatic carbocycles. The quantitative estimate of drug-likeness (QED) is 0.0275. The number of hydrogen-bond acceptors (Lipinski definition) is 14. The summed E-state index contributed by atoms with van der Waals surface area (Å²) in [7, 11) is 0. The van der Waals surface area contributed by atoms with E-state index in [1.807, 2.05) is 140 Å². The first-order valence-electron chi connectivity index (χ1n) is 21.6. The number of carbonyl (C=O) groups is 4. The molecule has 14 nitrogen and oxygen atoms in total. The normalized spacial score (nSPS) is 24.3. The molecule has 1 aliphatic heterocycles. The number of aliphatic hydroxyl groups excluding tert-OH is 6. The lowest BCUT2D eigenvalue weighted by atomic mass is 9.71. The van der Waals surface area contributed by atoms with Gasteiger partial charge in [0.1, 0.15) is 30.7 Å². The molecule has 0 saturated carbocycles. The van der Waals surface area contributed by atoms with Gasteiger partial charge in [-0.1, -0.05) is 135 Å². The largest absolute Gasteiger partial charge is 0.512 e. The number of ketones is 2. The Hall–Kier alpha value is -6.06. The summed E-state index contributed by atoms with van der Waals surface area (Å²) in [5.41, 5.74) is 5.94. The molecule has 6 unspecified atom stereocenters. The molecule has 0 amide bonds. The van der Waals surface area contributed by atoms with E-state index in [-0.39, 0.29) is 18.0 Å². The Morgan fingerprint density at radius 3 is 1.55 bits per heavy atom. The van der Waals surface area contributed by atoms with Crippen LogP contribution in [0.5, 0.6) is 0 Å². The Bertz CT molecular complexity index is 2120. The van der Waals surface area contributed by atoms with E-state index >= 15 is 0 Å². The summed E-state index contributed by atoms with van der Waals surface area (Å²) in [4.78, 5) is 48.7. The maximum absolute atomic E-state index is 13.2. The van der Waals surface area contributed by atoms with Crippen LogP contribution in [0.15, 0.2) is 153 Å². The summed E-state index contributed by atoms with van der Waals surface area (Å²) in [5, 5.41) is 58.9. The zero-order chi connectivity index (χ0) is 49.5. The molecular weight excluding hydrogens is 849 g/mol. The Morgan fingerprint density at radius 2 is 1.14 bits per heavy atom. The number of carbonyl (C=O) groups excluding carboxylic acids is 4. The summed E-state index contributed by atoms with van der Waals surface area (Å²) < 4.78 is 20.9. The molecule has 0 radical (unpaired) electrons. The smallest absolute Gasteiger partial charge is 0.377 e. The first-order valence-corrected chi connectivity index (χ1v) is 21.6. The highest BCUT2D eigenvalue weighted by molar-refractivity contribution is 6.01. The van der Waals surface area contributed by atoms with Crippen LogP contribution in [0, 0.1) is 10.8 Å². The van der Waals surface area contributed by atoms with Crippen LogP contribution < -0.4 is 0 Å². The number of ether oxygens (including phenoxy) is 4. The van der Waals surface area contributed by atoms with Gasteiger partial charge in [-0.15, -0.1) is 0 Å². The number of allylic oxidation sites excluding steroid dienone is 20. The predicted octanol–water partition coefficient (Wildman–Crippen LogP) is 8.43. The summed E-state index contributed by atoms with van der Waals surface area (Å²) in [6.07, 6.45) is 20.8. The molecule has 0 saturated heterocycles. The van der Waals surface area contributed by atoms with Gasteiger partial charge in [0.2, 0.25) is 5.76 Å². The molecule has 358 valence electrons. The van der Waals surface area contributed by atoms with Crippen LogP contribution in [0.2, 0.25) is 0 Å². The average molecular weight is 915 g/mol. The average Bonchev–Trinajstić information content (AvgIpc) is 3.51. The van der Waals surface area contributed by atoms with Crippen LogP contribution in [0.4, 0.5) is 0 Å². The topological polar surface area (TPSA) is 227 Å². The Labute approximate surface area is 387 Å². The van der Waals surface area contributed by atoms with Crippen molar-refractivity contribution >= 4 is 24.0 Å². The molecule has 0 spiro atoms. The van der Waals surface area contributed by atoms with E-state index in [1.165, 1.54) is 0 Å². The SMILES string of the molecule is CC1=C(/C=C/C(C)=C/C=C/C(C)=C/C=C/C=C(C)/C=C/C=C(C)/C=C/C2=C(C)C(=O)C(OCC(O)C(OC=O)/C(O)=C/O)CC2(C)C)C(C)(C)CC(OCC(O)C2OC(=O)C(O)=C2O)C1=O. The minimum Gasteiger partial charge on any atom is -0.512 e. The van der Waals surface area contributed by atoms with E-state index in [0.29, 0.717) is 30.2 Å². The molecule has 66 heavy (non-hydrogen) atoms. The van der Waals surface area contributed by atoms with Gasteiger partial charge >= 0.3 is 5.97 Å². The molecular formula is C52H66O14. The second-order valence-corrected chi connectivity index (χ2v) is 17.9. The van der Waals surface area contributed by atoms with E-state index in [1.54, 1.807) is 13.8 Å². The van der Waals surface area contributed by atoms with Crippen LogP contribution in [0.25, 0.3) is 0 Å². The van der Waals surface area contributed by atoms with Crippen molar-refractivity contribution in [1.82, 2.24) is 0 Å². The van der Waals surface area contributed by atoms with E-state index in [9.17, 15) is 44.7 Å². The first kappa shape index (κ1) is 54.3. The minimum atomic E-state index is -1.54. The van der Waals surface area contributed by atoms with E-state index in [0.717, 1.165) is 33.4 Å². The molecule has 14 heteroatoms. The maximum Gasteiger partial charge on any atom is 0.377 e. The maximum atomic E-state index is 13.2. The Balaban J connectivity index is 1.53. The highest BCUT2D eigenvalue weighted by atomic mass is 16.6. The molecule has 0 bridgehead atoms. The third-order valence-corrected chi connectivity index (χ3v) is 11.5. The minimum absolute atomic E-state index is 0.0309.